The van der Waals surface area contributed by atoms with Crippen LogP contribution in [0.15, 0.2) is 23.6 Å². The second-order valence-corrected chi connectivity index (χ2v) is 4.59. The van der Waals surface area contributed by atoms with Crippen LogP contribution in [0.5, 0.6) is 5.75 Å². The van der Waals surface area contributed by atoms with Crippen molar-refractivity contribution in [2.75, 3.05) is 0 Å². The predicted molar refractivity (Wildman–Crippen MR) is 63.5 cm³/mol. The topological polar surface area (TPSA) is 42.4 Å². The van der Waals surface area contributed by atoms with Crippen LogP contribution in [0.25, 0.3) is 0 Å². The van der Waals surface area contributed by atoms with Gasteiger partial charge in [-0.2, -0.15) is 0 Å². The van der Waals surface area contributed by atoms with Crippen LogP contribution >= 0.6 is 11.3 Å². The van der Waals surface area contributed by atoms with Crippen LogP contribution in [0, 0.1) is 12.7 Å². The molecule has 0 spiro atoms. The number of thiazole rings is 1. The molecule has 0 radical (unpaired) electrons. The smallest absolute Gasteiger partial charge is 0.165 e. The average molecular weight is 253 g/mol. The molecule has 0 amide bonds. The minimum atomic E-state index is -0.469. The number of benzene rings is 1. The van der Waals surface area contributed by atoms with Crippen LogP contribution in [-0.2, 0) is 13.2 Å². The number of halogens is 1. The van der Waals surface area contributed by atoms with Gasteiger partial charge in [-0.15, -0.1) is 11.3 Å². The summed E-state index contributed by atoms with van der Waals surface area (Å²) in [5, 5.41) is 11.9. The number of aryl methyl sites for hydroxylation is 1. The van der Waals surface area contributed by atoms with Gasteiger partial charge in [-0.25, -0.2) is 9.37 Å². The number of hydrogen-bond acceptors (Lipinski definition) is 4. The third-order valence-corrected chi connectivity index (χ3v) is 3.07. The normalized spacial score (nSPS) is 10.5. The van der Waals surface area contributed by atoms with Crippen LogP contribution in [0.1, 0.15) is 16.3 Å². The molecule has 0 aliphatic carbocycles. The number of para-hydroxylation sites is 1. The molecular formula is C12H12FNO2S. The van der Waals surface area contributed by atoms with Crippen molar-refractivity contribution in [3.8, 4) is 5.75 Å². The quantitative estimate of drug-likeness (QED) is 0.910. The molecule has 3 nitrogen and oxygen atoms in total. The van der Waals surface area contributed by atoms with Gasteiger partial charge in [0.1, 0.15) is 6.61 Å². The van der Waals surface area contributed by atoms with Crippen molar-refractivity contribution in [3.05, 3.63) is 45.7 Å². The lowest BCUT2D eigenvalue weighted by Crippen LogP contribution is -2.01. The first-order valence-electron chi connectivity index (χ1n) is 5.12. The van der Waals surface area contributed by atoms with E-state index >= 15 is 0 Å². The molecule has 17 heavy (non-hydrogen) atoms. The number of ether oxygens (including phenoxy) is 1. The van der Waals surface area contributed by atoms with Crippen LogP contribution in [0.4, 0.5) is 4.39 Å². The number of rotatable bonds is 4. The van der Waals surface area contributed by atoms with E-state index < -0.39 is 5.82 Å². The first-order chi connectivity index (χ1) is 8.20. The monoisotopic (exact) mass is 253 g/mol. The summed E-state index contributed by atoms with van der Waals surface area (Å²) in [6.45, 7) is 1.86. The van der Waals surface area contributed by atoms with E-state index in [0.29, 0.717) is 5.56 Å². The van der Waals surface area contributed by atoms with E-state index in [1.54, 1.807) is 12.1 Å². The average Bonchev–Trinajstić information content (AvgIpc) is 2.73. The van der Waals surface area contributed by atoms with Gasteiger partial charge < -0.3 is 9.84 Å². The molecule has 0 fully saturated rings. The van der Waals surface area contributed by atoms with E-state index in [9.17, 15) is 4.39 Å². The van der Waals surface area contributed by atoms with Gasteiger partial charge in [0.2, 0.25) is 0 Å². The number of aliphatic hydroxyl groups excluding tert-OH is 1. The second kappa shape index (κ2) is 5.25. The molecule has 0 atom stereocenters. The summed E-state index contributed by atoms with van der Waals surface area (Å²) in [4.78, 5) is 4.22. The van der Waals surface area contributed by atoms with Gasteiger partial charge in [0, 0.05) is 10.9 Å². The predicted octanol–water partition coefficient (Wildman–Crippen LogP) is 2.66. The van der Waals surface area contributed by atoms with Crippen LogP contribution in [0.2, 0.25) is 0 Å². The first-order valence-corrected chi connectivity index (χ1v) is 6.00. The summed E-state index contributed by atoms with van der Waals surface area (Å²) in [5.41, 5.74) is 1.21. The Kier molecular flexibility index (Phi) is 3.71. The molecule has 0 saturated carbocycles. The van der Waals surface area contributed by atoms with Crippen LogP contribution in [-0.4, -0.2) is 10.1 Å². The van der Waals surface area contributed by atoms with E-state index in [1.165, 1.54) is 17.4 Å². The number of nitrogens with zero attached hydrogens (tertiary/aromatic N) is 1. The summed E-state index contributed by atoms with van der Waals surface area (Å²) < 4.78 is 18.9. The SMILES string of the molecule is Cc1nc(COc2c(F)cccc2CO)cs1. The molecule has 0 aliphatic heterocycles. The summed E-state index contributed by atoms with van der Waals surface area (Å²) in [6.07, 6.45) is 0. The highest BCUT2D eigenvalue weighted by Gasteiger charge is 2.09. The van der Waals surface area contributed by atoms with Crippen LogP contribution in [0.3, 0.4) is 0 Å². The number of aromatic nitrogens is 1. The van der Waals surface area contributed by atoms with Crippen molar-refractivity contribution >= 4 is 11.3 Å². The fourth-order valence-electron chi connectivity index (χ4n) is 1.46. The van der Waals surface area contributed by atoms with Crippen molar-refractivity contribution in [2.45, 2.75) is 20.1 Å². The Morgan fingerprint density at radius 1 is 1.47 bits per heavy atom. The van der Waals surface area contributed by atoms with Gasteiger partial charge in [-0.3, -0.25) is 0 Å². The summed E-state index contributed by atoms with van der Waals surface area (Å²) in [5.74, 6) is -0.371. The van der Waals surface area contributed by atoms with Crippen molar-refractivity contribution < 1.29 is 14.2 Å². The molecule has 90 valence electrons. The highest BCUT2D eigenvalue weighted by atomic mass is 32.1. The molecule has 0 aliphatic rings. The summed E-state index contributed by atoms with van der Waals surface area (Å²) in [6, 6.07) is 4.48. The summed E-state index contributed by atoms with van der Waals surface area (Å²) >= 11 is 1.52. The highest BCUT2D eigenvalue weighted by molar-refractivity contribution is 7.09. The van der Waals surface area contributed by atoms with Gasteiger partial charge in [0.05, 0.1) is 17.3 Å². The van der Waals surface area contributed by atoms with Gasteiger partial charge in [0.15, 0.2) is 11.6 Å². The van der Waals surface area contributed by atoms with Crippen molar-refractivity contribution in [1.29, 1.82) is 0 Å². The lowest BCUT2D eigenvalue weighted by Gasteiger charge is -2.09. The highest BCUT2D eigenvalue weighted by Crippen LogP contribution is 2.23. The minimum Gasteiger partial charge on any atom is -0.484 e. The molecule has 1 N–H and O–H groups in total. The lowest BCUT2D eigenvalue weighted by molar-refractivity contribution is 0.250. The lowest BCUT2D eigenvalue weighted by atomic mass is 10.2. The molecule has 0 saturated heterocycles. The molecule has 2 aromatic rings. The van der Waals surface area contributed by atoms with E-state index in [4.69, 9.17) is 9.84 Å². The minimum absolute atomic E-state index is 0.0978. The van der Waals surface area contributed by atoms with E-state index in [1.807, 2.05) is 12.3 Å². The maximum atomic E-state index is 13.5. The Labute approximate surface area is 103 Å². The molecular weight excluding hydrogens is 241 g/mol. The molecule has 0 unspecified atom stereocenters. The molecule has 1 aromatic heterocycles. The van der Waals surface area contributed by atoms with Crippen molar-refractivity contribution in [3.63, 3.8) is 0 Å². The molecule has 5 heteroatoms. The van der Waals surface area contributed by atoms with Gasteiger partial charge >= 0.3 is 0 Å². The Balaban J connectivity index is 2.13. The molecule has 2 rings (SSSR count). The van der Waals surface area contributed by atoms with Gasteiger partial charge in [0.25, 0.3) is 0 Å². The van der Waals surface area contributed by atoms with Gasteiger partial charge in [-0.1, -0.05) is 12.1 Å². The maximum Gasteiger partial charge on any atom is 0.165 e. The third-order valence-electron chi connectivity index (χ3n) is 2.25. The Bertz CT molecular complexity index is 513. The number of aliphatic hydroxyl groups is 1. The molecule has 1 heterocycles. The van der Waals surface area contributed by atoms with E-state index in [0.717, 1.165) is 10.7 Å². The number of hydrogen-bond donors (Lipinski definition) is 1. The largest absolute Gasteiger partial charge is 0.484 e. The van der Waals surface area contributed by atoms with E-state index in [2.05, 4.69) is 4.98 Å². The summed E-state index contributed by atoms with van der Waals surface area (Å²) in [7, 11) is 0. The zero-order valence-electron chi connectivity index (χ0n) is 9.31. The molecule has 0 bridgehead atoms. The fourth-order valence-corrected chi connectivity index (χ4v) is 2.06. The van der Waals surface area contributed by atoms with Gasteiger partial charge in [-0.05, 0) is 13.0 Å². The zero-order valence-corrected chi connectivity index (χ0v) is 10.1. The van der Waals surface area contributed by atoms with Crippen LogP contribution < -0.4 is 4.74 Å². The maximum absolute atomic E-state index is 13.5. The van der Waals surface area contributed by atoms with Crippen molar-refractivity contribution in [1.82, 2.24) is 4.98 Å². The van der Waals surface area contributed by atoms with Crippen molar-refractivity contribution in [2.24, 2.45) is 0 Å². The Morgan fingerprint density at radius 3 is 2.94 bits per heavy atom. The second-order valence-electron chi connectivity index (χ2n) is 3.53. The molecule has 1 aromatic carbocycles. The standard InChI is InChI=1S/C12H12FNO2S/c1-8-14-10(7-17-8)6-16-12-9(5-15)3-2-4-11(12)13/h2-4,7,15H,5-6H2,1H3. The van der Waals surface area contributed by atoms with E-state index in [-0.39, 0.29) is 19.0 Å². The third kappa shape index (κ3) is 2.81. The first kappa shape index (κ1) is 12.0. The Hall–Kier alpha value is -1.46. The zero-order chi connectivity index (χ0) is 12.3. The fraction of sp³-hybridized carbons (Fsp3) is 0.250. The Morgan fingerprint density at radius 2 is 2.29 bits per heavy atom.